The van der Waals surface area contributed by atoms with E-state index in [1.807, 2.05) is 0 Å². The predicted octanol–water partition coefficient (Wildman–Crippen LogP) is 3.11. The van der Waals surface area contributed by atoms with Crippen molar-refractivity contribution in [3.63, 3.8) is 0 Å². The van der Waals surface area contributed by atoms with E-state index in [-0.39, 0.29) is 11.6 Å². The zero-order valence-corrected chi connectivity index (χ0v) is 9.94. The number of nitrogens with two attached hydrogens (primary N) is 1. The number of benzene rings is 1. The minimum atomic E-state index is -0.509. The van der Waals surface area contributed by atoms with E-state index >= 15 is 0 Å². The Morgan fingerprint density at radius 3 is 2.47 bits per heavy atom. The molecule has 15 heavy (non-hydrogen) atoms. The lowest BCUT2D eigenvalue weighted by atomic mass is 9.88. The fraction of sp³-hybridized carbons (Fsp3) is 0.455. The van der Waals surface area contributed by atoms with Gasteiger partial charge in [0.05, 0.1) is 4.47 Å². The van der Waals surface area contributed by atoms with Crippen LogP contribution in [0.4, 0.5) is 8.78 Å². The van der Waals surface area contributed by atoms with E-state index in [4.69, 9.17) is 5.73 Å². The largest absolute Gasteiger partial charge is 0.327 e. The molecule has 1 aromatic rings. The molecule has 0 saturated heterocycles. The van der Waals surface area contributed by atoms with Gasteiger partial charge in [-0.1, -0.05) is 0 Å². The molecule has 1 aromatic carbocycles. The third-order valence-corrected chi connectivity index (χ3v) is 3.81. The van der Waals surface area contributed by atoms with Crippen molar-refractivity contribution in [2.75, 3.05) is 0 Å². The standard InChI is InChI=1S/C11H12BrF2N/c1-6(15)11(4-5-11)9-8(13)3-2-7(12)10(9)14/h2-3,6H,4-5,15H2,1H3. The minimum absolute atomic E-state index is 0.145. The van der Waals surface area contributed by atoms with Crippen molar-refractivity contribution in [2.24, 2.45) is 5.73 Å². The van der Waals surface area contributed by atoms with Crippen molar-refractivity contribution in [1.82, 2.24) is 0 Å². The molecule has 0 aliphatic heterocycles. The normalized spacial score (nSPS) is 20.1. The summed E-state index contributed by atoms with van der Waals surface area (Å²) in [6.45, 7) is 1.80. The van der Waals surface area contributed by atoms with Crippen LogP contribution in [0, 0.1) is 11.6 Å². The maximum atomic E-state index is 13.8. The van der Waals surface area contributed by atoms with E-state index < -0.39 is 17.0 Å². The zero-order valence-electron chi connectivity index (χ0n) is 8.36. The molecule has 0 amide bonds. The van der Waals surface area contributed by atoms with E-state index in [0.717, 1.165) is 12.8 Å². The monoisotopic (exact) mass is 275 g/mol. The second kappa shape index (κ2) is 3.52. The van der Waals surface area contributed by atoms with Gasteiger partial charge in [-0.15, -0.1) is 0 Å². The molecular weight excluding hydrogens is 264 g/mol. The molecule has 0 bridgehead atoms. The van der Waals surface area contributed by atoms with Crippen LogP contribution in [-0.2, 0) is 5.41 Å². The summed E-state index contributed by atoms with van der Waals surface area (Å²) < 4.78 is 27.7. The molecule has 0 heterocycles. The fourth-order valence-electron chi connectivity index (χ4n) is 2.05. The van der Waals surface area contributed by atoms with Gasteiger partial charge in [-0.2, -0.15) is 0 Å². The first-order valence-electron chi connectivity index (χ1n) is 4.88. The highest BCUT2D eigenvalue weighted by atomic mass is 79.9. The molecule has 2 rings (SSSR count). The Labute approximate surface area is 95.8 Å². The molecule has 1 saturated carbocycles. The molecule has 4 heteroatoms. The lowest BCUT2D eigenvalue weighted by molar-refractivity contribution is 0.470. The van der Waals surface area contributed by atoms with Crippen molar-refractivity contribution in [3.05, 3.63) is 33.8 Å². The van der Waals surface area contributed by atoms with Crippen LogP contribution in [0.15, 0.2) is 16.6 Å². The van der Waals surface area contributed by atoms with Gasteiger partial charge < -0.3 is 5.73 Å². The van der Waals surface area contributed by atoms with Crippen LogP contribution in [0.2, 0.25) is 0 Å². The molecule has 0 aromatic heterocycles. The number of hydrogen-bond donors (Lipinski definition) is 1. The lowest BCUT2D eigenvalue weighted by Gasteiger charge is -2.21. The van der Waals surface area contributed by atoms with E-state index in [9.17, 15) is 8.78 Å². The average Bonchev–Trinajstić information content (AvgIpc) is 2.93. The maximum Gasteiger partial charge on any atom is 0.144 e. The van der Waals surface area contributed by atoms with Gasteiger partial charge in [0, 0.05) is 17.0 Å². The van der Waals surface area contributed by atoms with Gasteiger partial charge in [-0.05, 0) is 47.8 Å². The number of hydrogen-bond acceptors (Lipinski definition) is 1. The van der Waals surface area contributed by atoms with Crippen LogP contribution in [0.1, 0.15) is 25.3 Å². The van der Waals surface area contributed by atoms with Crippen molar-refractivity contribution < 1.29 is 8.78 Å². The first kappa shape index (κ1) is 11.0. The molecule has 1 nitrogen and oxygen atoms in total. The Kier molecular flexibility index (Phi) is 2.59. The third kappa shape index (κ3) is 1.60. The quantitative estimate of drug-likeness (QED) is 0.825. The number of rotatable bonds is 2. The van der Waals surface area contributed by atoms with Crippen LogP contribution < -0.4 is 5.73 Å². The van der Waals surface area contributed by atoms with Gasteiger partial charge in [0.15, 0.2) is 0 Å². The second-order valence-corrected chi connectivity index (χ2v) is 5.02. The summed E-state index contributed by atoms with van der Waals surface area (Å²) in [5.74, 6) is -1.00. The van der Waals surface area contributed by atoms with Crippen LogP contribution in [-0.4, -0.2) is 6.04 Å². The second-order valence-electron chi connectivity index (χ2n) is 4.16. The molecule has 1 fully saturated rings. The summed E-state index contributed by atoms with van der Waals surface area (Å²) >= 11 is 3.07. The lowest BCUT2D eigenvalue weighted by Crippen LogP contribution is -2.33. The topological polar surface area (TPSA) is 26.0 Å². The van der Waals surface area contributed by atoms with E-state index in [2.05, 4.69) is 15.9 Å². The van der Waals surface area contributed by atoms with Crippen molar-refractivity contribution >= 4 is 15.9 Å². The van der Waals surface area contributed by atoms with Gasteiger partial charge in [-0.3, -0.25) is 0 Å². The van der Waals surface area contributed by atoms with E-state index in [1.54, 1.807) is 6.92 Å². The van der Waals surface area contributed by atoms with Crippen LogP contribution in [0.3, 0.4) is 0 Å². The van der Waals surface area contributed by atoms with E-state index in [1.165, 1.54) is 12.1 Å². The van der Waals surface area contributed by atoms with E-state index in [0.29, 0.717) is 4.47 Å². The Morgan fingerprint density at radius 2 is 2.00 bits per heavy atom. The molecule has 0 spiro atoms. The summed E-state index contributed by atoms with van der Waals surface area (Å²) in [6.07, 6.45) is 1.52. The van der Waals surface area contributed by atoms with Crippen LogP contribution >= 0.6 is 15.9 Å². The zero-order chi connectivity index (χ0) is 11.2. The highest BCUT2D eigenvalue weighted by Crippen LogP contribution is 2.52. The molecule has 1 unspecified atom stereocenters. The minimum Gasteiger partial charge on any atom is -0.327 e. The molecule has 0 radical (unpaired) electrons. The Hall–Kier alpha value is -0.480. The first-order chi connectivity index (χ1) is 6.99. The SMILES string of the molecule is CC(N)C1(c2c(F)ccc(Br)c2F)CC1. The highest BCUT2D eigenvalue weighted by molar-refractivity contribution is 9.10. The molecular formula is C11H12BrF2N. The molecule has 1 atom stereocenters. The van der Waals surface area contributed by atoms with Crippen LogP contribution in [0.25, 0.3) is 0 Å². The number of halogens is 3. The van der Waals surface area contributed by atoms with Crippen molar-refractivity contribution in [1.29, 1.82) is 0 Å². The van der Waals surface area contributed by atoms with Gasteiger partial charge in [0.1, 0.15) is 11.6 Å². The van der Waals surface area contributed by atoms with Crippen molar-refractivity contribution in [2.45, 2.75) is 31.2 Å². The summed E-state index contributed by atoms with van der Waals surface area (Å²) in [6, 6.07) is 2.44. The molecule has 2 N–H and O–H groups in total. The van der Waals surface area contributed by atoms with Crippen LogP contribution in [0.5, 0.6) is 0 Å². The summed E-state index contributed by atoms with van der Waals surface area (Å²) in [5, 5.41) is 0. The molecule has 82 valence electrons. The van der Waals surface area contributed by atoms with Gasteiger partial charge in [-0.25, -0.2) is 8.78 Å². The highest BCUT2D eigenvalue weighted by Gasteiger charge is 2.51. The maximum absolute atomic E-state index is 13.8. The van der Waals surface area contributed by atoms with Gasteiger partial charge in [0.2, 0.25) is 0 Å². The summed E-state index contributed by atoms with van der Waals surface area (Å²) in [7, 11) is 0. The smallest absolute Gasteiger partial charge is 0.144 e. The first-order valence-corrected chi connectivity index (χ1v) is 5.68. The summed E-state index contributed by atoms with van der Waals surface area (Å²) in [5.41, 5.74) is 5.46. The Bertz CT molecular complexity index is 400. The molecule has 1 aliphatic carbocycles. The summed E-state index contributed by atoms with van der Waals surface area (Å²) in [4.78, 5) is 0. The fourth-order valence-corrected chi connectivity index (χ4v) is 2.38. The van der Waals surface area contributed by atoms with Crippen molar-refractivity contribution in [3.8, 4) is 0 Å². The van der Waals surface area contributed by atoms with Gasteiger partial charge in [0.25, 0.3) is 0 Å². The average molecular weight is 276 g/mol. The molecule has 1 aliphatic rings. The van der Waals surface area contributed by atoms with Gasteiger partial charge >= 0.3 is 0 Å². The predicted molar refractivity (Wildman–Crippen MR) is 58.6 cm³/mol. The third-order valence-electron chi connectivity index (χ3n) is 3.20. The Balaban J connectivity index is 2.57. The Morgan fingerprint density at radius 1 is 1.40 bits per heavy atom.